The summed E-state index contributed by atoms with van der Waals surface area (Å²) in [5.74, 6) is -1.18. The number of rotatable bonds is 5. The Hall–Kier alpha value is -1.71. The molecule has 0 radical (unpaired) electrons. The SMILES string of the molecule is Cc1c(Br)cc(S(=O)(=O)NCc2ccn[nH]2)cc1C(=O)O. The molecule has 21 heavy (non-hydrogen) atoms. The van der Waals surface area contributed by atoms with Gasteiger partial charge in [0.2, 0.25) is 10.0 Å². The predicted octanol–water partition coefficient (Wildman–Crippen LogP) is 1.66. The first-order valence-electron chi connectivity index (χ1n) is 5.82. The van der Waals surface area contributed by atoms with Crippen LogP contribution in [0, 0.1) is 6.92 Å². The summed E-state index contributed by atoms with van der Waals surface area (Å²) in [6.45, 7) is 1.64. The van der Waals surface area contributed by atoms with E-state index in [4.69, 9.17) is 5.11 Å². The maximum Gasteiger partial charge on any atom is 0.336 e. The zero-order valence-electron chi connectivity index (χ0n) is 10.9. The van der Waals surface area contributed by atoms with Crippen LogP contribution in [0.5, 0.6) is 0 Å². The largest absolute Gasteiger partial charge is 0.478 e. The minimum absolute atomic E-state index is 0.0379. The molecular weight excluding hydrogens is 362 g/mol. The van der Waals surface area contributed by atoms with Crippen molar-refractivity contribution in [2.24, 2.45) is 0 Å². The molecule has 0 atom stereocenters. The van der Waals surface area contributed by atoms with Crippen LogP contribution in [-0.4, -0.2) is 29.7 Å². The van der Waals surface area contributed by atoms with Crippen LogP contribution in [-0.2, 0) is 16.6 Å². The number of carbonyl (C=O) groups is 1. The average Bonchev–Trinajstić information content (AvgIpc) is 2.92. The number of aromatic amines is 1. The van der Waals surface area contributed by atoms with Crippen molar-refractivity contribution in [1.29, 1.82) is 0 Å². The zero-order chi connectivity index (χ0) is 15.6. The van der Waals surface area contributed by atoms with Gasteiger partial charge in [-0.3, -0.25) is 5.10 Å². The zero-order valence-corrected chi connectivity index (χ0v) is 13.3. The highest BCUT2D eigenvalue weighted by atomic mass is 79.9. The number of hydrogen-bond donors (Lipinski definition) is 3. The number of aromatic nitrogens is 2. The van der Waals surface area contributed by atoms with E-state index >= 15 is 0 Å². The van der Waals surface area contributed by atoms with E-state index in [1.165, 1.54) is 12.3 Å². The Kier molecular flexibility index (Phi) is 4.45. The molecule has 0 fully saturated rings. The van der Waals surface area contributed by atoms with Crippen molar-refractivity contribution in [2.45, 2.75) is 18.4 Å². The Bertz CT molecular complexity index is 772. The van der Waals surface area contributed by atoms with Crippen molar-refractivity contribution in [3.8, 4) is 0 Å². The van der Waals surface area contributed by atoms with E-state index in [0.717, 1.165) is 6.07 Å². The molecule has 3 N–H and O–H groups in total. The molecule has 0 spiro atoms. The number of carboxylic acids is 1. The monoisotopic (exact) mass is 373 g/mol. The van der Waals surface area contributed by atoms with Gasteiger partial charge in [0.25, 0.3) is 0 Å². The van der Waals surface area contributed by atoms with E-state index in [1.807, 2.05) is 0 Å². The first kappa shape index (κ1) is 15.7. The van der Waals surface area contributed by atoms with Gasteiger partial charge in [-0.25, -0.2) is 17.9 Å². The molecule has 0 amide bonds. The second-order valence-electron chi connectivity index (χ2n) is 4.29. The lowest BCUT2D eigenvalue weighted by atomic mass is 10.1. The van der Waals surface area contributed by atoms with Crippen LogP contribution in [0.2, 0.25) is 0 Å². The van der Waals surface area contributed by atoms with Crippen molar-refractivity contribution in [1.82, 2.24) is 14.9 Å². The minimum atomic E-state index is -3.82. The fourth-order valence-electron chi connectivity index (χ4n) is 1.67. The van der Waals surface area contributed by atoms with E-state index in [9.17, 15) is 13.2 Å². The van der Waals surface area contributed by atoms with E-state index < -0.39 is 16.0 Å². The van der Waals surface area contributed by atoms with Gasteiger partial charge in [-0.05, 0) is 30.7 Å². The van der Waals surface area contributed by atoms with Crippen LogP contribution in [0.25, 0.3) is 0 Å². The van der Waals surface area contributed by atoms with E-state index in [0.29, 0.717) is 15.7 Å². The molecule has 7 nitrogen and oxygen atoms in total. The molecule has 0 unspecified atom stereocenters. The standard InChI is InChI=1S/C12H12BrN3O4S/c1-7-10(12(17)18)4-9(5-11(7)13)21(19,20)15-6-8-2-3-14-16-8/h2-5,15H,6H2,1H3,(H,14,16)(H,17,18). The number of aromatic carboxylic acids is 1. The number of hydrogen-bond acceptors (Lipinski definition) is 4. The topological polar surface area (TPSA) is 112 Å². The summed E-state index contributed by atoms with van der Waals surface area (Å²) >= 11 is 3.18. The van der Waals surface area contributed by atoms with E-state index in [-0.39, 0.29) is 17.0 Å². The van der Waals surface area contributed by atoms with Gasteiger partial charge in [0.15, 0.2) is 0 Å². The maximum atomic E-state index is 12.2. The molecule has 0 saturated carbocycles. The summed E-state index contributed by atoms with van der Waals surface area (Å²) in [5.41, 5.74) is 1.00. The van der Waals surface area contributed by atoms with Gasteiger partial charge in [0.1, 0.15) is 0 Å². The molecule has 0 aliphatic heterocycles. The third-order valence-electron chi connectivity index (χ3n) is 2.87. The molecule has 1 aromatic heterocycles. The third kappa shape index (κ3) is 3.49. The third-order valence-corrected chi connectivity index (χ3v) is 5.07. The van der Waals surface area contributed by atoms with Gasteiger partial charge in [-0.2, -0.15) is 5.10 Å². The van der Waals surface area contributed by atoms with Crippen molar-refractivity contribution in [2.75, 3.05) is 0 Å². The lowest BCUT2D eigenvalue weighted by Gasteiger charge is -2.10. The molecule has 1 aromatic carbocycles. The maximum absolute atomic E-state index is 12.2. The number of nitrogens with zero attached hydrogens (tertiary/aromatic N) is 1. The summed E-state index contributed by atoms with van der Waals surface area (Å²) in [6.07, 6.45) is 1.51. The lowest BCUT2D eigenvalue weighted by molar-refractivity contribution is 0.0695. The summed E-state index contributed by atoms with van der Waals surface area (Å²) in [6, 6.07) is 4.14. The van der Waals surface area contributed by atoms with Crippen LogP contribution in [0.15, 0.2) is 33.8 Å². The summed E-state index contributed by atoms with van der Waals surface area (Å²) < 4.78 is 27.2. The number of H-pyrrole nitrogens is 1. The fourth-order valence-corrected chi connectivity index (χ4v) is 3.34. The molecule has 9 heteroatoms. The highest BCUT2D eigenvalue weighted by Gasteiger charge is 2.20. The van der Waals surface area contributed by atoms with Crippen LogP contribution < -0.4 is 4.72 Å². The first-order chi connectivity index (χ1) is 9.81. The average molecular weight is 374 g/mol. The number of nitrogens with one attached hydrogen (secondary N) is 2. The van der Waals surface area contributed by atoms with Crippen molar-refractivity contribution < 1.29 is 18.3 Å². The van der Waals surface area contributed by atoms with Crippen molar-refractivity contribution in [3.05, 3.63) is 45.7 Å². The molecule has 2 aromatic rings. The number of sulfonamides is 1. The van der Waals surface area contributed by atoms with Gasteiger partial charge in [0.05, 0.1) is 22.7 Å². The molecule has 112 valence electrons. The van der Waals surface area contributed by atoms with Crippen molar-refractivity contribution >= 4 is 31.9 Å². The quantitative estimate of drug-likeness (QED) is 0.737. The van der Waals surface area contributed by atoms with Gasteiger partial charge < -0.3 is 5.11 Å². The number of carboxylic acid groups (broad SMARTS) is 1. The molecular formula is C12H12BrN3O4S. The first-order valence-corrected chi connectivity index (χ1v) is 8.10. The molecule has 0 saturated heterocycles. The van der Waals surface area contributed by atoms with Crippen LogP contribution >= 0.6 is 15.9 Å². The molecule has 0 aliphatic rings. The summed E-state index contributed by atoms with van der Waals surface area (Å²) in [5, 5.41) is 15.5. The highest BCUT2D eigenvalue weighted by molar-refractivity contribution is 9.10. The van der Waals surface area contributed by atoms with Gasteiger partial charge in [-0.1, -0.05) is 15.9 Å². The number of halogens is 1. The second-order valence-corrected chi connectivity index (χ2v) is 6.91. The Morgan fingerprint density at radius 3 is 2.76 bits per heavy atom. The highest BCUT2D eigenvalue weighted by Crippen LogP contribution is 2.25. The van der Waals surface area contributed by atoms with E-state index in [2.05, 4.69) is 30.8 Å². The van der Waals surface area contributed by atoms with Crippen molar-refractivity contribution in [3.63, 3.8) is 0 Å². The van der Waals surface area contributed by atoms with Gasteiger partial charge in [0, 0.05) is 10.7 Å². The smallest absolute Gasteiger partial charge is 0.336 e. The Morgan fingerprint density at radius 1 is 1.48 bits per heavy atom. The molecule has 0 aliphatic carbocycles. The van der Waals surface area contributed by atoms with Crippen LogP contribution in [0.1, 0.15) is 21.6 Å². The van der Waals surface area contributed by atoms with Gasteiger partial charge >= 0.3 is 5.97 Å². The Morgan fingerprint density at radius 2 is 2.19 bits per heavy atom. The molecule has 0 bridgehead atoms. The second kappa shape index (κ2) is 5.96. The fraction of sp³-hybridized carbons (Fsp3) is 0.167. The summed E-state index contributed by atoms with van der Waals surface area (Å²) in [7, 11) is -3.82. The van der Waals surface area contributed by atoms with Crippen LogP contribution in [0.4, 0.5) is 0 Å². The summed E-state index contributed by atoms with van der Waals surface area (Å²) in [4.78, 5) is 11.0. The molecule has 2 rings (SSSR count). The van der Waals surface area contributed by atoms with E-state index in [1.54, 1.807) is 13.0 Å². The Balaban J connectivity index is 2.33. The number of benzene rings is 1. The molecule has 1 heterocycles. The van der Waals surface area contributed by atoms with Crippen LogP contribution in [0.3, 0.4) is 0 Å². The minimum Gasteiger partial charge on any atom is -0.478 e. The Labute approximate surface area is 129 Å². The van der Waals surface area contributed by atoms with Gasteiger partial charge in [-0.15, -0.1) is 0 Å². The predicted molar refractivity (Wildman–Crippen MR) is 78.5 cm³/mol. The normalized spacial score (nSPS) is 11.5. The lowest BCUT2D eigenvalue weighted by Crippen LogP contribution is -2.24.